The first-order valence-electron chi connectivity index (χ1n) is 5.28. The summed E-state index contributed by atoms with van der Waals surface area (Å²) in [6.45, 7) is 2.03. The van der Waals surface area contributed by atoms with Gasteiger partial charge in [0.05, 0.1) is 5.56 Å². The van der Waals surface area contributed by atoms with Crippen LogP contribution >= 0.6 is 12.6 Å². The van der Waals surface area contributed by atoms with E-state index in [1.165, 1.54) is 5.56 Å². The molecule has 0 fully saturated rings. The maximum atomic E-state index is 11.2. The summed E-state index contributed by atoms with van der Waals surface area (Å²) >= 11 is 4.39. The first-order chi connectivity index (χ1) is 8.09. The van der Waals surface area contributed by atoms with Crippen molar-refractivity contribution in [2.75, 3.05) is 0 Å². The van der Waals surface area contributed by atoms with E-state index in [0.717, 1.165) is 11.1 Å². The minimum Gasteiger partial charge on any atom is -0.366 e. The molecule has 2 aromatic rings. The molecule has 2 nitrogen and oxygen atoms in total. The van der Waals surface area contributed by atoms with Gasteiger partial charge in [-0.05, 0) is 24.1 Å². The lowest BCUT2D eigenvalue weighted by Gasteiger charge is -2.08. The van der Waals surface area contributed by atoms with Crippen molar-refractivity contribution in [1.29, 1.82) is 0 Å². The maximum Gasteiger partial charge on any atom is 0.249 e. The second kappa shape index (κ2) is 4.63. The normalized spacial score (nSPS) is 10.2. The number of rotatable bonds is 2. The predicted octanol–water partition coefficient (Wildman–Crippen LogP) is 3.05. The molecule has 86 valence electrons. The summed E-state index contributed by atoms with van der Waals surface area (Å²) < 4.78 is 0. The van der Waals surface area contributed by atoms with E-state index in [-0.39, 0.29) is 0 Å². The summed E-state index contributed by atoms with van der Waals surface area (Å²) in [5.74, 6) is -0.455. The van der Waals surface area contributed by atoms with Crippen LogP contribution in [0.1, 0.15) is 15.9 Å². The number of carbonyl (C=O) groups is 1. The summed E-state index contributed by atoms with van der Waals surface area (Å²) in [4.78, 5) is 11.9. The standard InChI is InChI=1S/C14H13NOS/c1-9-5-7-10(8-6-9)11-3-2-4-12(13(11)17)14(15)16/h2-8,17H,1H3,(H2,15,16). The van der Waals surface area contributed by atoms with Crippen LogP contribution < -0.4 is 5.73 Å². The van der Waals surface area contributed by atoms with Crippen molar-refractivity contribution >= 4 is 18.5 Å². The molecule has 0 bridgehead atoms. The molecule has 0 heterocycles. The maximum absolute atomic E-state index is 11.2. The molecule has 2 aromatic carbocycles. The van der Waals surface area contributed by atoms with Crippen LogP contribution in [0.25, 0.3) is 11.1 Å². The fourth-order valence-corrected chi connectivity index (χ4v) is 2.10. The smallest absolute Gasteiger partial charge is 0.249 e. The van der Waals surface area contributed by atoms with Crippen LogP contribution in [0.3, 0.4) is 0 Å². The largest absolute Gasteiger partial charge is 0.366 e. The van der Waals surface area contributed by atoms with Gasteiger partial charge in [0.15, 0.2) is 0 Å². The summed E-state index contributed by atoms with van der Waals surface area (Å²) in [6.07, 6.45) is 0. The second-order valence-electron chi connectivity index (χ2n) is 3.93. The molecular weight excluding hydrogens is 230 g/mol. The van der Waals surface area contributed by atoms with Crippen LogP contribution in [-0.2, 0) is 0 Å². The van der Waals surface area contributed by atoms with Crippen LogP contribution in [0, 0.1) is 6.92 Å². The highest BCUT2D eigenvalue weighted by molar-refractivity contribution is 7.80. The topological polar surface area (TPSA) is 43.1 Å². The van der Waals surface area contributed by atoms with Crippen LogP contribution in [0.5, 0.6) is 0 Å². The molecule has 0 saturated heterocycles. The molecule has 0 unspecified atom stereocenters. The second-order valence-corrected chi connectivity index (χ2v) is 4.38. The van der Waals surface area contributed by atoms with Gasteiger partial charge in [-0.2, -0.15) is 0 Å². The zero-order valence-corrected chi connectivity index (χ0v) is 10.4. The molecular formula is C14H13NOS. The third kappa shape index (κ3) is 2.34. The van der Waals surface area contributed by atoms with Crippen LogP contribution in [-0.4, -0.2) is 5.91 Å². The first kappa shape index (κ1) is 11.7. The minimum absolute atomic E-state index is 0.450. The molecule has 2 rings (SSSR count). The predicted molar refractivity (Wildman–Crippen MR) is 72.4 cm³/mol. The van der Waals surface area contributed by atoms with Crippen LogP contribution in [0.2, 0.25) is 0 Å². The third-order valence-corrected chi connectivity index (χ3v) is 3.15. The van der Waals surface area contributed by atoms with E-state index in [2.05, 4.69) is 12.6 Å². The van der Waals surface area contributed by atoms with Gasteiger partial charge in [-0.1, -0.05) is 42.0 Å². The van der Waals surface area contributed by atoms with E-state index in [9.17, 15) is 4.79 Å². The number of hydrogen-bond donors (Lipinski definition) is 2. The summed E-state index contributed by atoms with van der Waals surface area (Å²) in [5.41, 5.74) is 8.90. The van der Waals surface area contributed by atoms with Crippen molar-refractivity contribution in [2.45, 2.75) is 11.8 Å². The molecule has 0 aliphatic carbocycles. The Labute approximate surface area is 106 Å². The molecule has 0 aliphatic rings. The lowest BCUT2D eigenvalue weighted by atomic mass is 10.0. The number of carbonyl (C=O) groups excluding carboxylic acids is 1. The molecule has 0 aliphatic heterocycles. The molecule has 2 N–H and O–H groups in total. The Morgan fingerprint density at radius 3 is 2.35 bits per heavy atom. The van der Waals surface area contributed by atoms with Gasteiger partial charge in [0, 0.05) is 4.90 Å². The highest BCUT2D eigenvalue weighted by Gasteiger charge is 2.10. The first-order valence-corrected chi connectivity index (χ1v) is 5.73. The highest BCUT2D eigenvalue weighted by atomic mass is 32.1. The number of hydrogen-bond acceptors (Lipinski definition) is 2. The van der Waals surface area contributed by atoms with Gasteiger partial charge < -0.3 is 5.73 Å². The fourth-order valence-electron chi connectivity index (χ4n) is 1.71. The molecule has 1 amide bonds. The van der Waals surface area contributed by atoms with Crippen molar-refractivity contribution in [1.82, 2.24) is 0 Å². The molecule has 0 atom stereocenters. The van der Waals surface area contributed by atoms with Crippen LogP contribution in [0.4, 0.5) is 0 Å². The van der Waals surface area contributed by atoms with Crippen molar-refractivity contribution in [3.05, 3.63) is 53.6 Å². The average molecular weight is 243 g/mol. The van der Waals surface area contributed by atoms with E-state index < -0.39 is 5.91 Å². The van der Waals surface area contributed by atoms with Gasteiger partial charge in [-0.15, -0.1) is 12.6 Å². The van der Waals surface area contributed by atoms with Gasteiger partial charge in [0.2, 0.25) is 5.91 Å². The molecule has 0 radical (unpaired) electrons. The lowest BCUT2D eigenvalue weighted by Crippen LogP contribution is -2.12. The van der Waals surface area contributed by atoms with Crippen molar-refractivity contribution < 1.29 is 4.79 Å². The van der Waals surface area contributed by atoms with E-state index in [0.29, 0.717) is 10.5 Å². The van der Waals surface area contributed by atoms with E-state index >= 15 is 0 Å². The number of amides is 1. The van der Waals surface area contributed by atoms with Gasteiger partial charge >= 0.3 is 0 Å². The Bertz CT molecular complexity index is 561. The SMILES string of the molecule is Cc1ccc(-c2cccc(C(N)=O)c2S)cc1. The molecule has 0 aromatic heterocycles. The monoisotopic (exact) mass is 243 g/mol. The summed E-state index contributed by atoms with van der Waals surface area (Å²) in [6, 6.07) is 13.5. The molecule has 17 heavy (non-hydrogen) atoms. The van der Waals surface area contributed by atoms with E-state index in [4.69, 9.17) is 5.73 Å². The Balaban J connectivity index is 2.56. The third-order valence-electron chi connectivity index (χ3n) is 2.66. The Morgan fingerprint density at radius 2 is 1.76 bits per heavy atom. The highest BCUT2D eigenvalue weighted by Crippen LogP contribution is 2.29. The van der Waals surface area contributed by atoms with Gasteiger partial charge in [0.1, 0.15) is 0 Å². The Kier molecular flexibility index (Phi) is 3.20. The quantitative estimate of drug-likeness (QED) is 0.782. The summed E-state index contributed by atoms with van der Waals surface area (Å²) in [5, 5.41) is 0. The zero-order chi connectivity index (χ0) is 12.4. The van der Waals surface area contributed by atoms with Crippen LogP contribution in [0.15, 0.2) is 47.4 Å². The van der Waals surface area contributed by atoms with Crippen molar-refractivity contribution in [3.63, 3.8) is 0 Å². The van der Waals surface area contributed by atoms with Gasteiger partial charge in [-0.3, -0.25) is 4.79 Å². The van der Waals surface area contributed by atoms with E-state index in [1.807, 2.05) is 43.3 Å². The number of thiol groups is 1. The zero-order valence-electron chi connectivity index (χ0n) is 9.47. The number of primary amides is 1. The van der Waals surface area contributed by atoms with Crippen molar-refractivity contribution in [3.8, 4) is 11.1 Å². The summed E-state index contributed by atoms with van der Waals surface area (Å²) in [7, 11) is 0. The Morgan fingerprint density at radius 1 is 1.12 bits per heavy atom. The Hall–Kier alpha value is -1.74. The fraction of sp³-hybridized carbons (Fsp3) is 0.0714. The number of aryl methyl sites for hydroxylation is 1. The molecule has 0 saturated carbocycles. The molecule has 3 heteroatoms. The van der Waals surface area contributed by atoms with Gasteiger partial charge in [0.25, 0.3) is 0 Å². The lowest BCUT2D eigenvalue weighted by molar-refractivity contribution is 0.0997. The number of benzene rings is 2. The minimum atomic E-state index is -0.455. The number of nitrogens with two attached hydrogens (primary N) is 1. The molecule has 0 spiro atoms. The van der Waals surface area contributed by atoms with E-state index in [1.54, 1.807) is 6.07 Å². The average Bonchev–Trinajstić information content (AvgIpc) is 2.30. The van der Waals surface area contributed by atoms with Gasteiger partial charge in [-0.25, -0.2) is 0 Å². The van der Waals surface area contributed by atoms with Crippen molar-refractivity contribution in [2.24, 2.45) is 5.73 Å².